The lowest BCUT2D eigenvalue weighted by atomic mass is 10.1. The second-order valence-corrected chi connectivity index (χ2v) is 27.2. The van der Waals surface area contributed by atoms with E-state index in [0.29, 0.717) is 0 Å². The van der Waals surface area contributed by atoms with E-state index in [-0.39, 0.29) is 0 Å². The second-order valence-electron chi connectivity index (χ2n) is 27.2. The number of anilines is 6. The monoisotopic (exact) mass is 1400 g/mol. The zero-order valence-corrected chi connectivity index (χ0v) is 60.4. The van der Waals surface area contributed by atoms with Crippen LogP contribution in [0.1, 0.15) is 22.3 Å². The maximum atomic E-state index is 6.27. The fraction of sp³-hybridized carbons (Fsp3) is 0.0400. The minimum absolute atomic E-state index is 0.779. The minimum atomic E-state index is 0.779. The average molecular weight is 1400 g/mol. The van der Waals surface area contributed by atoms with Gasteiger partial charge >= 0.3 is 0 Å². The lowest BCUT2D eigenvalue weighted by Crippen LogP contribution is -2.09. The normalized spacial score (nSPS) is 11.1. The Morgan fingerprint density at radius 3 is 0.546 bits per heavy atom. The number of rotatable bonds is 18. The SMILES string of the molecule is Cc1ccc(N(c2ccc(C)cc2)c2ccc(Oc3ccc(-c4ccc(Oc5ccc(N(c6ccc(C)cc6)c6ccc(C)cc6)cc5)cc4)cc3)cc2)cc1.c1ccc2c(c1)c1ccccc1n2-c1ccc(Oc2ccc(-c3ccc(Oc4ccc(-n5c6ccccc6c6ccccc65)cc4)cc3)cc2)cc1. The first-order valence-electron chi connectivity index (χ1n) is 36.5. The maximum absolute atomic E-state index is 6.27. The molecule has 18 aromatic rings. The summed E-state index contributed by atoms with van der Waals surface area (Å²) < 4.78 is 29.7. The fourth-order valence-corrected chi connectivity index (χ4v) is 14.1. The molecule has 108 heavy (non-hydrogen) atoms. The summed E-state index contributed by atoms with van der Waals surface area (Å²) in [6, 6.07) is 135. The van der Waals surface area contributed by atoms with Crippen molar-refractivity contribution in [3.8, 4) is 79.6 Å². The van der Waals surface area contributed by atoms with Gasteiger partial charge in [-0.2, -0.15) is 0 Å². The molecule has 8 heteroatoms. The van der Waals surface area contributed by atoms with Crippen LogP contribution in [0, 0.1) is 27.7 Å². The van der Waals surface area contributed by atoms with Gasteiger partial charge in [0.05, 0.1) is 22.1 Å². The number of nitrogens with zero attached hydrogens (tertiary/aromatic N) is 4. The van der Waals surface area contributed by atoms with Crippen LogP contribution in [0.4, 0.5) is 34.1 Å². The van der Waals surface area contributed by atoms with Crippen LogP contribution >= 0.6 is 0 Å². The van der Waals surface area contributed by atoms with Crippen molar-refractivity contribution in [1.82, 2.24) is 9.13 Å². The number of hydrogen-bond acceptors (Lipinski definition) is 6. The average Bonchev–Trinajstić information content (AvgIpc) is 1.60. The van der Waals surface area contributed by atoms with Crippen molar-refractivity contribution in [1.29, 1.82) is 0 Å². The number of benzene rings is 16. The largest absolute Gasteiger partial charge is 0.457 e. The molecule has 0 N–H and O–H groups in total. The molecule has 0 aliphatic rings. The minimum Gasteiger partial charge on any atom is -0.457 e. The smallest absolute Gasteiger partial charge is 0.127 e. The molecule has 0 bridgehead atoms. The van der Waals surface area contributed by atoms with E-state index in [1.807, 2.05) is 97.1 Å². The molecule has 0 radical (unpaired) electrons. The summed E-state index contributed by atoms with van der Waals surface area (Å²) in [5.41, 5.74) is 22.9. The van der Waals surface area contributed by atoms with E-state index in [0.717, 1.165) is 114 Å². The van der Waals surface area contributed by atoms with Crippen LogP contribution in [0.2, 0.25) is 0 Å². The lowest BCUT2D eigenvalue weighted by molar-refractivity contribution is 0.482. The second kappa shape index (κ2) is 29.9. The van der Waals surface area contributed by atoms with Crippen molar-refractivity contribution >= 4 is 77.7 Å². The van der Waals surface area contributed by atoms with Gasteiger partial charge in [0.25, 0.3) is 0 Å². The predicted octanol–water partition coefficient (Wildman–Crippen LogP) is 28.2. The maximum Gasteiger partial charge on any atom is 0.127 e. The summed E-state index contributed by atoms with van der Waals surface area (Å²) in [7, 11) is 0. The third-order valence-corrected chi connectivity index (χ3v) is 19.7. The van der Waals surface area contributed by atoms with Crippen LogP contribution in [-0.4, -0.2) is 9.13 Å². The fourth-order valence-electron chi connectivity index (χ4n) is 14.1. The number of fused-ring (bicyclic) bond motifs is 6. The molecule has 0 fully saturated rings. The van der Waals surface area contributed by atoms with Gasteiger partial charge in [-0.25, -0.2) is 0 Å². The Labute approximate surface area is 629 Å². The molecule has 0 amide bonds. The molecule has 0 unspecified atom stereocenters. The highest BCUT2D eigenvalue weighted by atomic mass is 16.5. The van der Waals surface area contributed by atoms with Gasteiger partial charge in [-0.05, 0) is 268 Å². The zero-order chi connectivity index (χ0) is 72.9. The van der Waals surface area contributed by atoms with Gasteiger partial charge in [0.15, 0.2) is 0 Å². The lowest BCUT2D eigenvalue weighted by Gasteiger charge is -2.26. The molecule has 2 heterocycles. The zero-order valence-electron chi connectivity index (χ0n) is 60.4. The molecule has 0 saturated carbocycles. The Morgan fingerprint density at radius 1 is 0.176 bits per heavy atom. The van der Waals surface area contributed by atoms with Gasteiger partial charge in [0.2, 0.25) is 0 Å². The molecule has 16 aromatic carbocycles. The van der Waals surface area contributed by atoms with Crippen LogP contribution in [0.5, 0.6) is 46.0 Å². The molecule has 520 valence electrons. The summed E-state index contributed by atoms with van der Waals surface area (Å²) in [5.74, 6) is 6.28. The highest BCUT2D eigenvalue weighted by Gasteiger charge is 2.18. The van der Waals surface area contributed by atoms with E-state index in [1.165, 1.54) is 65.9 Å². The Bertz CT molecular complexity index is 5540. The van der Waals surface area contributed by atoms with E-state index in [4.69, 9.17) is 18.9 Å². The summed E-state index contributed by atoms with van der Waals surface area (Å²) in [6.45, 7) is 8.44. The van der Waals surface area contributed by atoms with Crippen LogP contribution in [0.15, 0.2) is 388 Å². The molecule has 2 aromatic heterocycles. The summed E-state index contributed by atoms with van der Waals surface area (Å²) >= 11 is 0. The molecule has 0 atom stereocenters. The number of para-hydroxylation sites is 4. The van der Waals surface area contributed by atoms with Gasteiger partial charge in [-0.3, -0.25) is 0 Å². The van der Waals surface area contributed by atoms with E-state index < -0.39 is 0 Å². The van der Waals surface area contributed by atoms with Gasteiger partial charge in [-0.1, -0.05) is 192 Å². The van der Waals surface area contributed by atoms with Crippen molar-refractivity contribution < 1.29 is 18.9 Å². The van der Waals surface area contributed by atoms with Crippen LogP contribution in [-0.2, 0) is 0 Å². The predicted molar refractivity (Wildman–Crippen MR) is 447 cm³/mol. The first-order valence-corrected chi connectivity index (χ1v) is 36.5. The number of hydrogen-bond donors (Lipinski definition) is 0. The van der Waals surface area contributed by atoms with Gasteiger partial charge in [-0.15, -0.1) is 0 Å². The number of aryl methyl sites for hydroxylation is 4. The molecule has 0 aliphatic heterocycles. The van der Waals surface area contributed by atoms with Crippen molar-refractivity contribution in [2.24, 2.45) is 0 Å². The Hall–Kier alpha value is -14.1. The first-order chi connectivity index (χ1) is 53.1. The van der Waals surface area contributed by atoms with Crippen LogP contribution in [0.3, 0.4) is 0 Å². The van der Waals surface area contributed by atoms with Gasteiger partial charge in [0, 0.05) is 67.0 Å². The van der Waals surface area contributed by atoms with Crippen molar-refractivity contribution in [3.63, 3.8) is 0 Å². The molecular formula is C100H76N4O4. The van der Waals surface area contributed by atoms with Gasteiger partial charge < -0.3 is 37.9 Å². The molecule has 0 spiro atoms. The first kappa shape index (κ1) is 67.1. The Balaban J connectivity index is 0.000000159. The quantitative estimate of drug-likeness (QED) is 0.0853. The van der Waals surface area contributed by atoms with Crippen LogP contribution in [0.25, 0.3) is 77.2 Å². The van der Waals surface area contributed by atoms with E-state index in [2.05, 4.69) is 338 Å². The topological polar surface area (TPSA) is 53.3 Å². The third-order valence-electron chi connectivity index (χ3n) is 19.7. The highest BCUT2D eigenvalue weighted by Crippen LogP contribution is 2.41. The van der Waals surface area contributed by atoms with Crippen LogP contribution < -0.4 is 28.7 Å². The molecule has 18 rings (SSSR count). The standard InChI is InChI=1S/C52H44N2O2.C48H32N2O2/c1-37-5-17-43(18-6-37)53(44-19-7-38(2)8-20-44)47-25-33-51(34-26-47)55-49-29-13-41(14-30-49)42-15-31-50(32-16-42)56-52-35-27-48(28-36-52)54(45-21-9-39(3)10-22-45)46-23-11-40(4)12-24-46;1-5-13-45-41(9-1)42-10-2-6-14-46(42)49(45)35-21-29-39(30-22-35)51-37-25-17-33(18-26-37)34-19-27-38(28-20-34)52-40-31-23-36(24-32-40)50-47-15-7-3-11-43(47)44-12-4-8-16-48(44)50/h5-36H,1-4H3;1-32H. The van der Waals surface area contributed by atoms with E-state index in [9.17, 15) is 0 Å². The molecular weight excluding hydrogens is 1320 g/mol. The summed E-state index contributed by atoms with van der Waals surface area (Å²) in [5, 5.41) is 5.01. The molecule has 0 aliphatic carbocycles. The summed E-state index contributed by atoms with van der Waals surface area (Å²) in [6.07, 6.45) is 0. The van der Waals surface area contributed by atoms with E-state index >= 15 is 0 Å². The Kier molecular flexibility index (Phi) is 18.6. The number of aromatic nitrogens is 2. The Morgan fingerprint density at radius 2 is 0.343 bits per heavy atom. The van der Waals surface area contributed by atoms with Crippen molar-refractivity contribution in [3.05, 3.63) is 411 Å². The highest BCUT2D eigenvalue weighted by molar-refractivity contribution is 6.10. The third kappa shape index (κ3) is 14.4. The van der Waals surface area contributed by atoms with Gasteiger partial charge in [0.1, 0.15) is 46.0 Å². The van der Waals surface area contributed by atoms with E-state index in [1.54, 1.807) is 0 Å². The molecule has 8 nitrogen and oxygen atoms in total. The molecule has 0 saturated heterocycles. The van der Waals surface area contributed by atoms with Crippen molar-refractivity contribution in [2.45, 2.75) is 27.7 Å². The number of ether oxygens (including phenoxy) is 4. The summed E-state index contributed by atoms with van der Waals surface area (Å²) in [4.78, 5) is 4.52. The van der Waals surface area contributed by atoms with Crippen molar-refractivity contribution in [2.75, 3.05) is 9.80 Å².